The van der Waals surface area contributed by atoms with E-state index in [0.29, 0.717) is 13.1 Å². The number of ether oxygens (including phenoxy) is 4. The number of aliphatic hydroxyl groups excluding tert-OH is 2. The number of Topliss-reactive ketones (excluding diaryl/α,β-unsaturated/α-hetero) is 1. The highest BCUT2D eigenvalue weighted by atomic mass is 16.7. The Labute approximate surface area is 350 Å². The molecular weight excluding hydrogens is 776 g/mol. The third-order valence-electron chi connectivity index (χ3n) is 12.2. The highest BCUT2D eigenvalue weighted by molar-refractivity contribution is 6.23. The summed E-state index contributed by atoms with van der Waals surface area (Å²) in [6.07, 6.45) is 4.88. The van der Waals surface area contributed by atoms with Gasteiger partial charge in [-0.2, -0.15) is 5.10 Å². The summed E-state index contributed by atoms with van der Waals surface area (Å²) in [4.78, 5) is 42.8. The van der Waals surface area contributed by atoms with E-state index in [9.17, 15) is 39.9 Å². The lowest BCUT2D eigenvalue weighted by atomic mass is 9.78. The van der Waals surface area contributed by atoms with Crippen LogP contribution in [0.2, 0.25) is 0 Å². The molecule has 0 spiro atoms. The van der Waals surface area contributed by atoms with Crippen LogP contribution in [0.3, 0.4) is 0 Å². The molecule has 16 nitrogen and oxygen atoms in total. The number of hydrogen-bond donors (Lipinski definition) is 6. The number of benzene rings is 2. The van der Waals surface area contributed by atoms with Crippen LogP contribution in [0, 0.1) is 30.6 Å². The van der Waals surface area contributed by atoms with E-state index in [1.165, 1.54) is 59.4 Å². The number of hydrogen-bond acceptors (Lipinski definition) is 15. The van der Waals surface area contributed by atoms with E-state index in [0.717, 1.165) is 19.6 Å². The van der Waals surface area contributed by atoms with Crippen molar-refractivity contribution >= 4 is 40.3 Å². The van der Waals surface area contributed by atoms with Crippen LogP contribution in [0.5, 0.6) is 23.0 Å². The summed E-state index contributed by atoms with van der Waals surface area (Å²) in [5, 5.41) is 67.0. The number of amides is 1. The zero-order valence-corrected chi connectivity index (χ0v) is 36.1. The number of piperazine rings is 1. The van der Waals surface area contributed by atoms with Crippen LogP contribution < -0.4 is 10.1 Å². The number of carbonyl (C=O) groups excluding carboxylic acids is 3. The van der Waals surface area contributed by atoms with Crippen molar-refractivity contribution in [2.75, 3.05) is 45.2 Å². The number of aliphatic hydroxyl groups is 2. The highest BCUT2D eigenvalue weighted by Crippen LogP contribution is 2.55. The van der Waals surface area contributed by atoms with Gasteiger partial charge in [0.25, 0.3) is 11.7 Å². The second-order valence-corrected chi connectivity index (χ2v) is 16.3. The lowest BCUT2D eigenvalue weighted by Gasteiger charge is -2.38. The van der Waals surface area contributed by atoms with Crippen LogP contribution in [0.15, 0.2) is 41.2 Å². The molecule has 4 heterocycles. The third kappa shape index (κ3) is 8.97. The Morgan fingerprint density at radius 1 is 0.967 bits per heavy atom. The molecule has 2 aromatic rings. The molecule has 9 unspecified atom stereocenters. The van der Waals surface area contributed by atoms with Gasteiger partial charge in [-0.1, -0.05) is 52.8 Å². The van der Waals surface area contributed by atoms with E-state index in [1.54, 1.807) is 44.9 Å². The van der Waals surface area contributed by atoms with Crippen LogP contribution in [0.1, 0.15) is 76.9 Å². The molecule has 4 aliphatic heterocycles. The van der Waals surface area contributed by atoms with E-state index in [1.807, 2.05) is 0 Å². The summed E-state index contributed by atoms with van der Waals surface area (Å²) in [6.45, 7) is 18.1. The molecular formula is C44H60N4O12. The molecule has 1 fully saturated rings. The third-order valence-corrected chi connectivity index (χ3v) is 12.2. The largest absolute Gasteiger partial charge is 0.507 e. The van der Waals surface area contributed by atoms with Gasteiger partial charge in [-0.25, -0.2) is 0 Å². The second-order valence-electron chi connectivity index (χ2n) is 16.3. The number of hydrazone groups is 1. The molecule has 2 aromatic carbocycles. The maximum atomic E-state index is 14.5. The van der Waals surface area contributed by atoms with Gasteiger partial charge in [0.05, 0.1) is 53.0 Å². The van der Waals surface area contributed by atoms with Crippen molar-refractivity contribution in [2.45, 2.75) is 92.5 Å². The van der Waals surface area contributed by atoms with Gasteiger partial charge < -0.3 is 49.8 Å². The monoisotopic (exact) mass is 836 g/mol. The summed E-state index contributed by atoms with van der Waals surface area (Å²) >= 11 is 0. The number of fused-ring (bicyclic) bond motifs is 14. The number of nitrogens with one attached hydrogen (secondary N) is 1. The van der Waals surface area contributed by atoms with Crippen LogP contribution in [-0.4, -0.2) is 129 Å². The predicted molar refractivity (Wildman–Crippen MR) is 225 cm³/mol. The molecule has 9 atom stereocenters. The molecule has 16 heteroatoms. The smallest absolute Gasteiger partial charge is 0.312 e. The molecule has 5 bridgehead atoms. The van der Waals surface area contributed by atoms with Crippen molar-refractivity contribution in [1.82, 2.24) is 9.91 Å². The number of phenolic OH excluding ortho intramolecular Hbond substituents is 3. The lowest BCUT2D eigenvalue weighted by Crippen LogP contribution is -2.46. The summed E-state index contributed by atoms with van der Waals surface area (Å²) in [5.41, 5.74) is -0.339. The van der Waals surface area contributed by atoms with Crippen molar-refractivity contribution in [3.05, 3.63) is 52.8 Å². The summed E-state index contributed by atoms with van der Waals surface area (Å²) < 4.78 is 23.6. The lowest BCUT2D eigenvalue weighted by molar-refractivity contribution is -0.160. The minimum atomic E-state index is -2.04. The number of esters is 1. The van der Waals surface area contributed by atoms with Gasteiger partial charge in [-0.3, -0.25) is 24.3 Å². The fourth-order valence-corrected chi connectivity index (χ4v) is 8.18. The van der Waals surface area contributed by atoms with Gasteiger partial charge >= 0.3 is 11.8 Å². The summed E-state index contributed by atoms with van der Waals surface area (Å²) in [7, 11) is 1.44. The van der Waals surface area contributed by atoms with Gasteiger partial charge in [0.1, 0.15) is 23.4 Å². The van der Waals surface area contributed by atoms with Crippen LogP contribution in [0.4, 0.5) is 5.69 Å². The Morgan fingerprint density at radius 2 is 1.63 bits per heavy atom. The Kier molecular flexibility index (Phi) is 14.3. The number of aromatic hydroxyl groups is 3. The van der Waals surface area contributed by atoms with E-state index >= 15 is 0 Å². The second kappa shape index (κ2) is 18.6. The quantitative estimate of drug-likeness (QED) is 0.104. The number of carbonyl (C=O) groups is 3. The van der Waals surface area contributed by atoms with E-state index in [4.69, 9.17) is 18.9 Å². The first kappa shape index (κ1) is 45.9. The Morgan fingerprint density at radius 3 is 2.25 bits per heavy atom. The maximum Gasteiger partial charge on any atom is 0.312 e. The summed E-state index contributed by atoms with van der Waals surface area (Å²) in [6, 6.07) is 0. The fourth-order valence-electron chi connectivity index (χ4n) is 8.18. The molecule has 6 N–H and O–H groups in total. The molecule has 0 radical (unpaired) electrons. The molecule has 1 saturated heterocycles. The Balaban J connectivity index is 1.70. The maximum absolute atomic E-state index is 14.5. The average Bonchev–Trinajstić information content (AvgIpc) is 3.49. The number of anilines is 1. The predicted octanol–water partition coefficient (Wildman–Crippen LogP) is 4.73. The van der Waals surface area contributed by atoms with E-state index in [-0.39, 0.29) is 44.5 Å². The van der Waals surface area contributed by atoms with Crippen molar-refractivity contribution < 1.29 is 58.9 Å². The average molecular weight is 837 g/mol. The minimum absolute atomic E-state index is 0.0572. The first-order valence-corrected chi connectivity index (χ1v) is 20.4. The minimum Gasteiger partial charge on any atom is -0.507 e. The van der Waals surface area contributed by atoms with Crippen molar-refractivity contribution in [1.29, 1.82) is 0 Å². The zero-order chi connectivity index (χ0) is 44.4. The van der Waals surface area contributed by atoms with Gasteiger partial charge in [0.2, 0.25) is 0 Å². The number of rotatable bonds is 5. The molecule has 0 aromatic heterocycles. The molecule has 4 aliphatic rings. The van der Waals surface area contributed by atoms with E-state index < -0.39 is 88.8 Å². The van der Waals surface area contributed by atoms with Crippen molar-refractivity contribution in [2.24, 2.45) is 28.8 Å². The SMILES string of the molecule is CCN1CCN(N=Cc2c3c(O)c4c(O)c(C)c5c(c4c2O)C(=O)C(C)(OC=CC(OC)C(C)C(OC(C)=O)C(C)C(O)C(C)C(O)C(C)C=CC=C(C)C(=O)N3)O5)CC1. The standard InChI is InChI=1S/C44H60N4O12/c1-11-47-16-18-48(19-17-47)45-21-29-34-39(54)32-31(38(29)53)33-41(27(7)37(32)52)60-44(9,42(33)55)58-20-15-30(57-10)24(4)40(59-28(8)49)26(6)36(51)25(5)35(50)22(2)13-12-14-23(3)43(56)46-34/h12-15,20-22,24-26,30,35-36,40,50-54H,11,16-19H2,1-10H3,(H,46,56). The first-order valence-electron chi connectivity index (χ1n) is 20.4. The van der Waals surface area contributed by atoms with Crippen LogP contribution >= 0.6 is 0 Å². The van der Waals surface area contributed by atoms with Gasteiger partial charge in [0.15, 0.2) is 5.75 Å². The van der Waals surface area contributed by atoms with Gasteiger partial charge in [0, 0.05) is 87.3 Å². The van der Waals surface area contributed by atoms with Crippen molar-refractivity contribution in [3.8, 4) is 23.0 Å². The molecule has 1 amide bonds. The molecule has 0 aliphatic carbocycles. The summed E-state index contributed by atoms with van der Waals surface area (Å²) in [5.74, 6) is -8.33. The normalized spacial score (nSPS) is 29.8. The molecule has 6 rings (SSSR count). The number of allylic oxidation sites excluding steroid dienone is 2. The van der Waals surface area contributed by atoms with Gasteiger partial charge in [-0.15, -0.1) is 0 Å². The highest BCUT2D eigenvalue weighted by Gasteiger charge is 2.50. The number of nitrogens with zero attached hydrogens (tertiary/aromatic N) is 3. The van der Waals surface area contributed by atoms with E-state index in [2.05, 4.69) is 22.2 Å². The Hall–Kier alpha value is -5.16. The topological polar surface area (TPSA) is 220 Å². The molecule has 328 valence electrons. The fraction of sp³-hybridized carbons (Fsp3) is 0.545. The number of phenols is 3. The zero-order valence-electron chi connectivity index (χ0n) is 36.1. The Bertz CT molecular complexity index is 2090. The first-order chi connectivity index (χ1) is 28.3. The molecule has 60 heavy (non-hydrogen) atoms. The van der Waals surface area contributed by atoms with Crippen molar-refractivity contribution in [3.63, 3.8) is 0 Å². The number of ketones is 1. The van der Waals surface area contributed by atoms with Crippen LogP contribution in [-0.2, 0) is 23.8 Å². The molecule has 0 saturated carbocycles. The van der Waals surface area contributed by atoms with Gasteiger partial charge in [-0.05, 0) is 26.5 Å². The van der Waals surface area contributed by atoms with Crippen LogP contribution in [0.25, 0.3) is 10.8 Å². The number of likely N-dealkylation sites (N-methyl/N-ethyl adjacent to an activating group) is 1. The number of methoxy groups -OCH3 is 1.